The van der Waals surface area contributed by atoms with Gasteiger partial charge in [0.25, 0.3) is 0 Å². The average Bonchev–Trinajstić information content (AvgIpc) is 2.87. The third-order valence-electron chi connectivity index (χ3n) is 2.27. The first-order valence-electron chi connectivity index (χ1n) is 5.13. The van der Waals surface area contributed by atoms with Crippen LogP contribution in [-0.2, 0) is 13.1 Å². The van der Waals surface area contributed by atoms with Gasteiger partial charge < -0.3 is 9.73 Å². The molecule has 2 aromatic rings. The lowest BCUT2D eigenvalue weighted by molar-refractivity contribution is 0.473. The Bertz CT molecular complexity index is 392. The largest absolute Gasteiger partial charge is 0.467 e. The van der Waals surface area contributed by atoms with Crippen molar-refractivity contribution >= 4 is 0 Å². The highest BCUT2D eigenvalue weighted by Gasteiger charge is 2.06. The van der Waals surface area contributed by atoms with E-state index in [9.17, 15) is 0 Å². The third-order valence-corrected chi connectivity index (χ3v) is 2.27. The second-order valence-corrected chi connectivity index (χ2v) is 3.35. The molecule has 0 saturated carbocycles. The Morgan fingerprint density at radius 3 is 3.20 bits per heavy atom. The van der Waals surface area contributed by atoms with Gasteiger partial charge in [-0.25, -0.2) is 0 Å². The summed E-state index contributed by atoms with van der Waals surface area (Å²) in [6, 6.07) is 3.91. The van der Waals surface area contributed by atoms with Gasteiger partial charge in [0.15, 0.2) is 0 Å². The van der Waals surface area contributed by atoms with Crippen molar-refractivity contribution < 1.29 is 4.42 Å². The molecule has 0 aliphatic carbocycles. The van der Waals surface area contributed by atoms with E-state index in [1.807, 2.05) is 23.0 Å². The van der Waals surface area contributed by atoms with Gasteiger partial charge in [-0.3, -0.25) is 4.68 Å². The van der Waals surface area contributed by atoms with Crippen molar-refractivity contribution in [2.45, 2.75) is 20.0 Å². The highest BCUT2D eigenvalue weighted by Crippen LogP contribution is 2.11. The second kappa shape index (κ2) is 4.79. The van der Waals surface area contributed by atoms with Crippen molar-refractivity contribution in [1.29, 1.82) is 0 Å². The molecule has 2 heterocycles. The first kappa shape index (κ1) is 9.98. The van der Waals surface area contributed by atoms with Gasteiger partial charge in [0.2, 0.25) is 0 Å². The third kappa shape index (κ3) is 2.47. The van der Waals surface area contributed by atoms with Crippen LogP contribution in [0, 0.1) is 0 Å². The first-order chi connectivity index (χ1) is 7.40. The normalized spacial score (nSPS) is 10.7. The average molecular weight is 205 g/mol. The molecule has 2 aromatic heterocycles. The minimum absolute atomic E-state index is 0.695. The van der Waals surface area contributed by atoms with Crippen LogP contribution in [0.1, 0.15) is 18.2 Å². The van der Waals surface area contributed by atoms with Gasteiger partial charge in [0.1, 0.15) is 5.76 Å². The van der Waals surface area contributed by atoms with Crippen molar-refractivity contribution in [2.24, 2.45) is 0 Å². The van der Waals surface area contributed by atoms with Crippen LogP contribution in [0.25, 0.3) is 0 Å². The molecule has 0 aliphatic heterocycles. The standard InChI is InChI=1S/C11H15N3O/c1-2-12-8-10-4-7-15-11(10)9-14-6-3-5-13-14/h3-7,12H,2,8-9H2,1H3. The lowest BCUT2D eigenvalue weighted by atomic mass is 10.2. The van der Waals surface area contributed by atoms with Crippen molar-refractivity contribution in [3.05, 3.63) is 42.1 Å². The summed E-state index contributed by atoms with van der Waals surface area (Å²) in [5.74, 6) is 0.972. The second-order valence-electron chi connectivity index (χ2n) is 3.35. The summed E-state index contributed by atoms with van der Waals surface area (Å²) in [5, 5.41) is 7.43. The molecule has 4 heteroatoms. The van der Waals surface area contributed by atoms with Gasteiger partial charge in [0, 0.05) is 24.5 Å². The maximum atomic E-state index is 5.43. The molecule has 0 radical (unpaired) electrons. The van der Waals surface area contributed by atoms with Crippen molar-refractivity contribution in [1.82, 2.24) is 15.1 Å². The van der Waals surface area contributed by atoms with Crippen LogP contribution in [0.5, 0.6) is 0 Å². The number of rotatable bonds is 5. The zero-order valence-corrected chi connectivity index (χ0v) is 8.81. The fourth-order valence-electron chi connectivity index (χ4n) is 1.46. The number of aromatic nitrogens is 2. The molecule has 4 nitrogen and oxygen atoms in total. The Kier molecular flexibility index (Phi) is 3.19. The lowest BCUT2D eigenvalue weighted by Gasteiger charge is -2.03. The molecule has 2 rings (SSSR count). The maximum Gasteiger partial charge on any atom is 0.129 e. The molecule has 0 saturated heterocycles. The van der Waals surface area contributed by atoms with Crippen LogP contribution in [0.2, 0.25) is 0 Å². The first-order valence-corrected chi connectivity index (χ1v) is 5.13. The van der Waals surface area contributed by atoms with Crippen molar-refractivity contribution in [3.8, 4) is 0 Å². The van der Waals surface area contributed by atoms with E-state index in [-0.39, 0.29) is 0 Å². The molecule has 0 aliphatic rings. The molecule has 0 unspecified atom stereocenters. The van der Waals surface area contributed by atoms with Crippen LogP contribution < -0.4 is 5.32 Å². The Hall–Kier alpha value is -1.55. The molecule has 80 valence electrons. The van der Waals surface area contributed by atoms with Gasteiger partial charge in [0.05, 0.1) is 12.8 Å². The van der Waals surface area contributed by atoms with E-state index in [0.29, 0.717) is 6.54 Å². The Balaban J connectivity index is 2.04. The minimum Gasteiger partial charge on any atom is -0.467 e. The Morgan fingerprint density at radius 2 is 2.47 bits per heavy atom. The van der Waals surface area contributed by atoms with E-state index in [0.717, 1.165) is 18.8 Å². The summed E-state index contributed by atoms with van der Waals surface area (Å²) in [5.41, 5.74) is 1.20. The molecule has 0 spiro atoms. The van der Waals surface area contributed by atoms with Crippen LogP contribution in [0.3, 0.4) is 0 Å². The van der Waals surface area contributed by atoms with Crippen LogP contribution in [-0.4, -0.2) is 16.3 Å². The monoisotopic (exact) mass is 205 g/mol. The molecule has 0 fully saturated rings. The number of nitrogens with zero attached hydrogens (tertiary/aromatic N) is 2. The summed E-state index contributed by atoms with van der Waals surface area (Å²) >= 11 is 0. The van der Waals surface area contributed by atoms with Gasteiger partial charge in [-0.15, -0.1) is 0 Å². The smallest absolute Gasteiger partial charge is 0.129 e. The van der Waals surface area contributed by atoms with Crippen LogP contribution >= 0.6 is 0 Å². The summed E-state index contributed by atoms with van der Waals surface area (Å²) in [6.07, 6.45) is 5.43. The molecule has 0 bridgehead atoms. The molecule has 0 aromatic carbocycles. The van der Waals surface area contributed by atoms with Crippen molar-refractivity contribution in [3.63, 3.8) is 0 Å². The summed E-state index contributed by atoms with van der Waals surface area (Å²) < 4.78 is 7.29. The van der Waals surface area contributed by atoms with E-state index in [4.69, 9.17) is 4.42 Å². The van der Waals surface area contributed by atoms with Crippen LogP contribution in [0.4, 0.5) is 0 Å². The van der Waals surface area contributed by atoms with Crippen LogP contribution in [0.15, 0.2) is 35.2 Å². The maximum absolute atomic E-state index is 5.43. The van der Waals surface area contributed by atoms with E-state index in [1.165, 1.54) is 5.56 Å². The summed E-state index contributed by atoms with van der Waals surface area (Å²) in [7, 11) is 0. The molecule has 15 heavy (non-hydrogen) atoms. The fourth-order valence-corrected chi connectivity index (χ4v) is 1.46. The van der Waals surface area contributed by atoms with Crippen molar-refractivity contribution in [2.75, 3.05) is 6.54 Å². The summed E-state index contributed by atoms with van der Waals surface area (Å²) in [6.45, 7) is 4.60. The summed E-state index contributed by atoms with van der Waals surface area (Å²) in [4.78, 5) is 0. The molecular weight excluding hydrogens is 190 g/mol. The predicted octanol–water partition coefficient (Wildman–Crippen LogP) is 1.63. The quantitative estimate of drug-likeness (QED) is 0.806. The number of nitrogens with one attached hydrogen (secondary N) is 1. The van der Waals surface area contributed by atoms with Gasteiger partial charge >= 0.3 is 0 Å². The molecule has 1 N–H and O–H groups in total. The van der Waals surface area contributed by atoms with E-state index in [2.05, 4.69) is 17.3 Å². The molecular formula is C11H15N3O. The number of hydrogen-bond donors (Lipinski definition) is 1. The Labute approximate surface area is 88.9 Å². The molecule has 0 amide bonds. The zero-order chi connectivity index (χ0) is 10.5. The number of hydrogen-bond acceptors (Lipinski definition) is 3. The Morgan fingerprint density at radius 1 is 1.53 bits per heavy atom. The highest BCUT2D eigenvalue weighted by molar-refractivity contribution is 5.17. The molecule has 0 atom stereocenters. The van der Waals surface area contributed by atoms with Gasteiger partial charge in [-0.05, 0) is 18.7 Å². The zero-order valence-electron chi connectivity index (χ0n) is 8.81. The highest BCUT2D eigenvalue weighted by atomic mass is 16.3. The topological polar surface area (TPSA) is 43.0 Å². The van der Waals surface area contributed by atoms with Gasteiger partial charge in [-0.1, -0.05) is 6.92 Å². The fraction of sp³-hybridized carbons (Fsp3) is 0.364. The van der Waals surface area contributed by atoms with E-state index in [1.54, 1.807) is 12.5 Å². The number of furan rings is 1. The SMILES string of the molecule is CCNCc1ccoc1Cn1cccn1. The predicted molar refractivity (Wildman–Crippen MR) is 57.4 cm³/mol. The van der Waals surface area contributed by atoms with Gasteiger partial charge in [-0.2, -0.15) is 5.10 Å². The lowest BCUT2D eigenvalue weighted by Crippen LogP contribution is -2.13. The van der Waals surface area contributed by atoms with E-state index < -0.39 is 0 Å². The minimum atomic E-state index is 0.695. The van der Waals surface area contributed by atoms with E-state index >= 15 is 0 Å².